The first-order chi connectivity index (χ1) is 7.11. The monoisotopic (exact) mass is 227 g/mol. The summed E-state index contributed by atoms with van der Waals surface area (Å²) in [5.41, 5.74) is 8.92. The van der Waals surface area contributed by atoms with Crippen LogP contribution in [0.3, 0.4) is 0 Å². The zero-order valence-electron chi connectivity index (χ0n) is 9.56. The van der Waals surface area contributed by atoms with E-state index in [-0.39, 0.29) is 0 Å². The Labute approximate surface area is 96.4 Å². The van der Waals surface area contributed by atoms with E-state index in [0.29, 0.717) is 13.2 Å². The smallest absolute Gasteiger partial charge is 0.141 e. The molecule has 0 fully saturated rings. The molecule has 0 aliphatic carbocycles. The number of rotatable bonds is 4. The minimum Gasteiger partial charge on any atom is -0.492 e. The SMILES string of the molecule is CCOc1c(C)cc(CCN)c(C)c1Cl. The molecule has 1 aromatic carbocycles. The van der Waals surface area contributed by atoms with E-state index in [1.807, 2.05) is 20.8 Å². The molecule has 0 amide bonds. The van der Waals surface area contributed by atoms with Crippen LogP contribution >= 0.6 is 11.6 Å². The van der Waals surface area contributed by atoms with Gasteiger partial charge in [0.05, 0.1) is 11.6 Å². The zero-order valence-corrected chi connectivity index (χ0v) is 10.3. The average molecular weight is 228 g/mol. The minimum atomic E-state index is 0.635. The van der Waals surface area contributed by atoms with Crippen molar-refractivity contribution in [3.05, 3.63) is 27.8 Å². The van der Waals surface area contributed by atoms with Crippen LogP contribution in [-0.4, -0.2) is 13.2 Å². The molecule has 0 radical (unpaired) electrons. The van der Waals surface area contributed by atoms with E-state index in [1.165, 1.54) is 5.56 Å². The summed E-state index contributed by atoms with van der Waals surface area (Å²) in [6.07, 6.45) is 0.860. The molecule has 2 nitrogen and oxygen atoms in total. The molecule has 0 saturated carbocycles. The largest absolute Gasteiger partial charge is 0.492 e. The first-order valence-corrected chi connectivity index (χ1v) is 5.61. The highest BCUT2D eigenvalue weighted by molar-refractivity contribution is 6.33. The molecule has 0 heterocycles. The second-order valence-electron chi connectivity index (χ2n) is 3.59. The van der Waals surface area contributed by atoms with Crippen molar-refractivity contribution in [3.8, 4) is 5.75 Å². The Morgan fingerprint density at radius 1 is 1.40 bits per heavy atom. The summed E-state index contributed by atoms with van der Waals surface area (Å²) >= 11 is 6.25. The summed E-state index contributed by atoms with van der Waals surface area (Å²) < 4.78 is 5.52. The molecule has 0 bridgehead atoms. The molecule has 0 unspecified atom stereocenters. The molecule has 84 valence electrons. The number of nitrogens with two attached hydrogens (primary N) is 1. The quantitative estimate of drug-likeness (QED) is 0.859. The first kappa shape index (κ1) is 12.3. The van der Waals surface area contributed by atoms with Crippen LogP contribution in [-0.2, 0) is 6.42 Å². The standard InChI is InChI=1S/C12H18ClNO/c1-4-15-12-8(2)7-10(5-6-14)9(3)11(12)13/h7H,4-6,14H2,1-3H3. The fraction of sp³-hybridized carbons (Fsp3) is 0.500. The maximum atomic E-state index is 6.25. The second-order valence-corrected chi connectivity index (χ2v) is 3.97. The average Bonchev–Trinajstić information content (AvgIpc) is 2.21. The fourth-order valence-electron chi connectivity index (χ4n) is 1.66. The van der Waals surface area contributed by atoms with Gasteiger partial charge in [-0.05, 0) is 50.4 Å². The number of benzene rings is 1. The third-order valence-electron chi connectivity index (χ3n) is 2.46. The number of ether oxygens (including phenoxy) is 1. The van der Waals surface area contributed by atoms with Crippen molar-refractivity contribution < 1.29 is 4.74 Å². The lowest BCUT2D eigenvalue weighted by molar-refractivity contribution is 0.338. The third-order valence-corrected chi connectivity index (χ3v) is 2.92. The number of hydrogen-bond donors (Lipinski definition) is 1. The van der Waals surface area contributed by atoms with Crippen LogP contribution in [0.2, 0.25) is 5.02 Å². The molecule has 0 saturated heterocycles. The van der Waals surface area contributed by atoms with E-state index in [0.717, 1.165) is 28.3 Å². The molecule has 1 aromatic rings. The number of hydrogen-bond acceptors (Lipinski definition) is 2. The van der Waals surface area contributed by atoms with Crippen molar-refractivity contribution in [1.82, 2.24) is 0 Å². The zero-order chi connectivity index (χ0) is 11.4. The lowest BCUT2D eigenvalue weighted by atomic mass is 10.0. The van der Waals surface area contributed by atoms with Gasteiger partial charge in [0.25, 0.3) is 0 Å². The molecule has 0 aromatic heterocycles. The van der Waals surface area contributed by atoms with Crippen molar-refractivity contribution in [1.29, 1.82) is 0 Å². The normalized spacial score (nSPS) is 10.5. The Balaban J connectivity index is 3.18. The summed E-state index contributed by atoms with van der Waals surface area (Å²) in [4.78, 5) is 0. The van der Waals surface area contributed by atoms with Crippen molar-refractivity contribution >= 4 is 11.6 Å². The lowest BCUT2D eigenvalue weighted by Crippen LogP contribution is -2.06. The predicted octanol–water partition coefficient (Wildman–Crippen LogP) is 2.86. The van der Waals surface area contributed by atoms with Crippen LogP contribution in [0.15, 0.2) is 6.07 Å². The molecular weight excluding hydrogens is 210 g/mol. The van der Waals surface area contributed by atoms with Gasteiger partial charge in [-0.15, -0.1) is 0 Å². The van der Waals surface area contributed by atoms with E-state index < -0.39 is 0 Å². The van der Waals surface area contributed by atoms with Crippen molar-refractivity contribution in [2.75, 3.05) is 13.2 Å². The van der Waals surface area contributed by atoms with Gasteiger partial charge in [0.2, 0.25) is 0 Å². The molecule has 0 aliphatic heterocycles. The van der Waals surface area contributed by atoms with Crippen LogP contribution in [0.1, 0.15) is 23.6 Å². The molecule has 0 aliphatic rings. The molecule has 0 atom stereocenters. The Morgan fingerprint density at radius 3 is 2.60 bits per heavy atom. The number of aryl methyl sites for hydroxylation is 1. The third kappa shape index (κ3) is 2.64. The molecule has 2 N–H and O–H groups in total. The van der Waals surface area contributed by atoms with Gasteiger partial charge in [0.15, 0.2) is 0 Å². The van der Waals surface area contributed by atoms with Gasteiger partial charge in [-0.1, -0.05) is 17.7 Å². The lowest BCUT2D eigenvalue weighted by Gasteiger charge is -2.14. The van der Waals surface area contributed by atoms with Crippen LogP contribution in [0.5, 0.6) is 5.75 Å². The van der Waals surface area contributed by atoms with E-state index >= 15 is 0 Å². The number of halogens is 1. The Kier molecular flexibility index (Phi) is 4.43. The van der Waals surface area contributed by atoms with E-state index in [4.69, 9.17) is 22.1 Å². The van der Waals surface area contributed by atoms with Crippen LogP contribution in [0.25, 0.3) is 0 Å². The molecule has 3 heteroatoms. The minimum absolute atomic E-state index is 0.635. The Hall–Kier alpha value is -0.730. The van der Waals surface area contributed by atoms with E-state index in [9.17, 15) is 0 Å². The molecule has 0 spiro atoms. The summed E-state index contributed by atoms with van der Waals surface area (Å²) in [7, 11) is 0. The second kappa shape index (κ2) is 5.38. The van der Waals surface area contributed by atoms with E-state index in [2.05, 4.69) is 6.07 Å². The van der Waals surface area contributed by atoms with Gasteiger partial charge < -0.3 is 10.5 Å². The van der Waals surface area contributed by atoms with Crippen LogP contribution in [0, 0.1) is 13.8 Å². The summed E-state index contributed by atoms with van der Waals surface area (Å²) in [6.45, 7) is 7.26. The van der Waals surface area contributed by atoms with Crippen molar-refractivity contribution in [3.63, 3.8) is 0 Å². The Morgan fingerprint density at radius 2 is 2.07 bits per heavy atom. The first-order valence-electron chi connectivity index (χ1n) is 5.23. The van der Waals surface area contributed by atoms with Crippen molar-refractivity contribution in [2.24, 2.45) is 5.73 Å². The topological polar surface area (TPSA) is 35.2 Å². The molecule has 15 heavy (non-hydrogen) atoms. The van der Waals surface area contributed by atoms with Gasteiger partial charge in [-0.25, -0.2) is 0 Å². The van der Waals surface area contributed by atoms with Gasteiger partial charge >= 0.3 is 0 Å². The highest BCUT2D eigenvalue weighted by Crippen LogP contribution is 2.34. The van der Waals surface area contributed by atoms with Gasteiger partial charge in [0, 0.05) is 0 Å². The molecular formula is C12H18ClNO. The predicted molar refractivity (Wildman–Crippen MR) is 64.9 cm³/mol. The highest BCUT2D eigenvalue weighted by Gasteiger charge is 2.11. The fourth-order valence-corrected chi connectivity index (χ4v) is 1.98. The molecule has 1 rings (SSSR count). The summed E-state index contributed by atoms with van der Waals surface area (Å²) in [5, 5.41) is 0.723. The maximum absolute atomic E-state index is 6.25. The summed E-state index contributed by atoms with van der Waals surface area (Å²) in [6, 6.07) is 2.11. The van der Waals surface area contributed by atoms with Gasteiger partial charge in [-0.2, -0.15) is 0 Å². The summed E-state index contributed by atoms with van der Waals surface area (Å²) in [5.74, 6) is 0.803. The van der Waals surface area contributed by atoms with Gasteiger partial charge in [-0.3, -0.25) is 0 Å². The highest BCUT2D eigenvalue weighted by atomic mass is 35.5. The van der Waals surface area contributed by atoms with Crippen LogP contribution in [0.4, 0.5) is 0 Å². The van der Waals surface area contributed by atoms with E-state index in [1.54, 1.807) is 0 Å². The maximum Gasteiger partial charge on any atom is 0.141 e. The van der Waals surface area contributed by atoms with Crippen LogP contribution < -0.4 is 10.5 Å². The van der Waals surface area contributed by atoms with Gasteiger partial charge in [0.1, 0.15) is 5.75 Å². The van der Waals surface area contributed by atoms with Crippen molar-refractivity contribution in [2.45, 2.75) is 27.2 Å². The Bertz CT molecular complexity index is 350.